The molecule has 7 heteroatoms. The van der Waals surface area contributed by atoms with E-state index in [0.29, 0.717) is 25.6 Å². The maximum absolute atomic E-state index is 12.5. The van der Waals surface area contributed by atoms with Crippen LogP contribution in [0.3, 0.4) is 0 Å². The number of hydrogen-bond donors (Lipinski definition) is 1. The van der Waals surface area contributed by atoms with Crippen molar-refractivity contribution in [3.63, 3.8) is 0 Å². The molecule has 1 aromatic rings. The highest BCUT2D eigenvalue weighted by atomic mass is 19.4. The summed E-state index contributed by atoms with van der Waals surface area (Å²) in [6.45, 7) is 0.600. The molecule has 1 fully saturated rings. The number of piperidine rings is 1. The van der Waals surface area contributed by atoms with Gasteiger partial charge >= 0.3 is 6.18 Å². The summed E-state index contributed by atoms with van der Waals surface area (Å²) >= 11 is 0. The maximum Gasteiger partial charge on any atom is 0.406 e. The van der Waals surface area contributed by atoms with Gasteiger partial charge in [0.15, 0.2) is 0 Å². The number of hydrogen-bond acceptors (Lipinski definition) is 2. The zero-order chi connectivity index (χ0) is 15.5. The van der Waals surface area contributed by atoms with Gasteiger partial charge in [0, 0.05) is 19.3 Å². The molecule has 1 aromatic heterocycles. The number of aromatic nitrogens is 1. The summed E-state index contributed by atoms with van der Waals surface area (Å²) in [6, 6.07) is 2.92. The Hall–Kier alpha value is -1.50. The Labute approximate surface area is 121 Å². The Bertz CT molecular complexity index is 482. The summed E-state index contributed by atoms with van der Waals surface area (Å²) < 4.78 is 38.5. The predicted molar refractivity (Wildman–Crippen MR) is 72.8 cm³/mol. The number of nitrogens with zero attached hydrogens (tertiary/aromatic N) is 2. The van der Waals surface area contributed by atoms with E-state index in [1.54, 1.807) is 4.90 Å². The molecule has 2 heterocycles. The first-order valence-electron chi connectivity index (χ1n) is 7.12. The Morgan fingerprint density at radius 2 is 2.19 bits per heavy atom. The highest BCUT2D eigenvalue weighted by Gasteiger charge is 2.31. The van der Waals surface area contributed by atoms with Gasteiger partial charge in [-0.05, 0) is 43.9 Å². The molecule has 0 saturated carbocycles. The highest BCUT2D eigenvalue weighted by Crippen LogP contribution is 2.23. The van der Waals surface area contributed by atoms with Crippen LogP contribution in [-0.4, -0.2) is 41.2 Å². The van der Waals surface area contributed by atoms with Crippen LogP contribution in [0.25, 0.3) is 0 Å². The van der Waals surface area contributed by atoms with Crippen LogP contribution in [0.2, 0.25) is 0 Å². The van der Waals surface area contributed by atoms with E-state index in [0.717, 1.165) is 23.8 Å². The minimum Gasteiger partial charge on any atom is -0.337 e. The Morgan fingerprint density at radius 1 is 1.43 bits per heavy atom. The molecule has 0 radical (unpaired) electrons. The average molecular weight is 303 g/mol. The number of nitrogens with two attached hydrogens (primary N) is 1. The zero-order valence-electron chi connectivity index (χ0n) is 11.8. The summed E-state index contributed by atoms with van der Waals surface area (Å²) in [5.74, 6) is 0.0182. The minimum absolute atomic E-state index is 0.0979. The van der Waals surface area contributed by atoms with E-state index in [4.69, 9.17) is 5.73 Å². The molecule has 0 spiro atoms. The van der Waals surface area contributed by atoms with Crippen molar-refractivity contribution >= 4 is 5.91 Å². The zero-order valence-corrected chi connectivity index (χ0v) is 11.8. The summed E-state index contributed by atoms with van der Waals surface area (Å²) in [5.41, 5.74) is 5.63. The van der Waals surface area contributed by atoms with E-state index in [2.05, 4.69) is 0 Å². The van der Waals surface area contributed by atoms with Crippen LogP contribution in [0.15, 0.2) is 18.3 Å². The van der Waals surface area contributed by atoms with E-state index < -0.39 is 12.7 Å². The molecule has 2 rings (SSSR count). The normalized spacial score (nSPS) is 19.8. The second-order valence-corrected chi connectivity index (χ2v) is 5.47. The number of likely N-dealkylation sites (tertiary alicyclic amines) is 1. The van der Waals surface area contributed by atoms with E-state index in [9.17, 15) is 18.0 Å². The van der Waals surface area contributed by atoms with E-state index in [-0.39, 0.29) is 11.6 Å². The maximum atomic E-state index is 12.5. The van der Waals surface area contributed by atoms with Gasteiger partial charge in [-0.1, -0.05) is 0 Å². The van der Waals surface area contributed by atoms with Crippen molar-refractivity contribution in [1.29, 1.82) is 0 Å². The number of halogens is 3. The number of alkyl halides is 3. The van der Waals surface area contributed by atoms with Gasteiger partial charge in [0.25, 0.3) is 5.91 Å². The van der Waals surface area contributed by atoms with Crippen molar-refractivity contribution in [3.05, 3.63) is 24.0 Å². The number of carbonyl (C=O) groups excluding carboxylic acids is 1. The molecule has 1 aliphatic rings. The Morgan fingerprint density at radius 3 is 2.86 bits per heavy atom. The molecule has 21 heavy (non-hydrogen) atoms. The first-order valence-corrected chi connectivity index (χ1v) is 7.12. The molecule has 1 aliphatic heterocycles. The Kier molecular flexibility index (Phi) is 4.92. The molecule has 2 N–H and O–H groups in total. The third-order valence-electron chi connectivity index (χ3n) is 3.78. The van der Waals surface area contributed by atoms with Crippen LogP contribution in [-0.2, 0) is 6.54 Å². The lowest BCUT2D eigenvalue weighted by molar-refractivity contribution is -0.140. The quantitative estimate of drug-likeness (QED) is 0.927. The van der Waals surface area contributed by atoms with Gasteiger partial charge < -0.3 is 15.2 Å². The monoisotopic (exact) mass is 303 g/mol. The van der Waals surface area contributed by atoms with Gasteiger partial charge in [-0.25, -0.2) is 0 Å². The first-order chi connectivity index (χ1) is 9.90. The second-order valence-electron chi connectivity index (χ2n) is 5.47. The minimum atomic E-state index is -4.34. The number of amides is 1. The van der Waals surface area contributed by atoms with Crippen LogP contribution in [0.5, 0.6) is 0 Å². The van der Waals surface area contributed by atoms with Crippen molar-refractivity contribution in [2.24, 2.45) is 11.7 Å². The van der Waals surface area contributed by atoms with E-state index >= 15 is 0 Å². The standard InChI is InChI=1S/C14H20F3N3O/c15-14(16,17)10-20-8-2-4-12(20)13(21)19-7-1-3-11(9-19)5-6-18/h2,4,8,11H,1,3,5-7,9-10,18H2. The van der Waals surface area contributed by atoms with Gasteiger partial charge in [0.1, 0.15) is 12.2 Å². The van der Waals surface area contributed by atoms with Gasteiger partial charge in [0.05, 0.1) is 0 Å². The molecule has 0 bridgehead atoms. The van der Waals surface area contributed by atoms with Crippen LogP contribution in [0, 0.1) is 5.92 Å². The summed E-state index contributed by atoms with van der Waals surface area (Å²) in [4.78, 5) is 14.1. The molecular formula is C14H20F3N3O. The molecule has 1 atom stereocenters. The van der Waals surface area contributed by atoms with Crippen LogP contribution < -0.4 is 5.73 Å². The molecule has 1 saturated heterocycles. The van der Waals surface area contributed by atoms with Crippen LogP contribution in [0.4, 0.5) is 13.2 Å². The SMILES string of the molecule is NCCC1CCCN(C(=O)c2cccn2CC(F)(F)F)C1. The van der Waals surface area contributed by atoms with Crippen LogP contribution >= 0.6 is 0 Å². The van der Waals surface area contributed by atoms with Crippen molar-refractivity contribution < 1.29 is 18.0 Å². The third-order valence-corrected chi connectivity index (χ3v) is 3.78. The molecule has 1 amide bonds. The van der Waals surface area contributed by atoms with E-state index in [1.807, 2.05) is 0 Å². The van der Waals surface area contributed by atoms with Crippen molar-refractivity contribution in [1.82, 2.24) is 9.47 Å². The molecular weight excluding hydrogens is 283 g/mol. The Balaban J connectivity index is 2.08. The van der Waals surface area contributed by atoms with Gasteiger partial charge in [0.2, 0.25) is 0 Å². The molecule has 4 nitrogen and oxygen atoms in total. The van der Waals surface area contributed by atoms with Gasteiger partial charge in [-0.15, -0.1) is 0 Å². The molecule has 1 unspecified atom stereocenters. The summed E-state index contributed by atoms with van der Waals surface area (Å²) in [6.07, 6.45) is -0.311. The molecule has 0 aliphatic carbocycles. The predicted octanol–water partition coefficient (Wildman–Crippen LogP) is 2.25. The molecule has 118 valence electrons. The molecule has 0 aromatic carbocycles. The average Bonchev–Trinajstić information content (AvgIpc) is 2.84. The lowest BCUT2D eigenvalue weighted by atomic mass is 9.94. The van der Waals surface area contributed by atoms with Gasteiger partial charge in [-0.3, -0.25) is 4.79 Å². The van der Waals surface area contributed by atoms with E-state index in [1.165, 1.54) is 18.3 Å². The van der Waals surface area contributed by atoms with Crippen molar-refractivity contribution in [2.75, 3.05) is 19.6 Å². The lowest BCUT2D eigenvalue weighted by Gasteiger charge is -2.33. The topological polar surface area (TPSA) is 51.3 Å². The fourth-order valence-corrected chi connectivity index (χ4v) is 2.82. The lowest BCUT2D eigenvalue weighted by Crippen LogP contribution is -2.41. The van der Waals surface area contributed by atoms with Gasteiger partial charge in [-0.2, -0.15) is 13.2 Å². The fourth-order valence-electron chi connectivity index (χ4n) is 2.82. The smallest absolute Gasteiger partial charge is 0.337 e. The largest absolute Gasteiger partial charge is 0.406 e. The summed E-state index contributed by atoms with van der Waals surface area (Å²) in [5, 5.41) is 0. The van der Waals surface area contributed by atoms with Crippen molar-refractivity contribution in [2.45, 2.75) is 32.0 Å². The fraction of sp³-hybridized carbons (Fsp3) is 0.643. The number of carbonyl (C=O) groups is 1. The summed E-state index contributed by atoms with van der Waals surface area (Å²) in [7, 11) is 0. The first kappa shape index (κ1) is 15.9. The number of rotatable bonds is 4. The van der Waals surface area contributed by atoms with Crippen molar-refractivity contribution in [3.8, 4) is 0 Å². The highest BCUT2D eigenvalue weighted by molar-refractivity contribution is 5.92. The third kappa shape index (κ3) is 4.23. The van der Waals surface area contributed by atoms with Crippen LogP contribution in [0.1, 0.15) is 29.8 Å². The second kappa shape index (κ2) is 6.51.